The van der Waals surface area contributed by atoms with Crippen molar-refractivity contribution < 1.29 is 55.4 Å². The number of H-pyrrole nitrogens is 1. The van der Waals surface area contributed by atoms with Gasteiger partial charge in [-0.05, 0) is 12.1 Å². The lowest BCUT2D eigenvalue weighted by molar-refractivity contribution is -0.118. The predicted octanol–water partition coefficient (Wildman–Crippen LogP) is 2.87. The Hall–Kier alpha value is -5.12. The van der Waals surface area contributed by atoms with Crippen LogP contribution < -0.4 is 16.2 Å². The maximum Gasteiger partial charge on any atom is 0.333 e. The lowest BCUT2D eigenvalue weighted by Gasteiger charge is -2.26. The van der Waals surface area contributed by atoms with Gasteiger partial charge in [0.25, 0.3) is 11.5 Å². The molecule has 3 saturated heterocycles. The summed E-state index contributed by atoms with van der Waals surface area (Å²) in [6.07, 6.45) is -10.8. The van der Waals surface area contributed by atoms with Gasteiger partial charge < -0.3 is 42.3 Å². The number of alkyl halides is 2. The van der Waals surface area contributed by atoms with Gasteiger partial charge in [0, 0.05) is 11.5 Å². The van der Waals surface area contributed by atoms with Crippen molar-refractivity contribution >= 4 is 63.1 Å². The normalized spacial score (nSPS) is 28.4. The molecular weight excluding hydrogens is 840 g/mol. The van der Waals surface area contributed by atoms with E-state index >= 15 is 8.78 Å². The molecule has 8 rings (SSSR count). The van der Waals surface area contributed by atoms with Crippen LogP contribution in [-0.4, -0.2) is 118 Å². The second kappa shape index (κ2) is 17.8. The van der Waals surface area contributed by atoms with Gasteiger partial charge in [-0.15, -0.1) is 5.10 Å². The van der Waals surface area contributed by atoms with Crippen molar-refractivity contribution in [1.29, 1.82) is 5.26 Å². The molecule has 60 heavy (non-hydrogen) atoms. The number of nitrogens with zero attached hydrogens (tertiary/aromatic N) is 9. The molecule has 0 spiro atoms. The summed E-state index contributed by atoms with van der Waals surface area (Å²) in [5.41, 5.74) is -0.643. The zero-order valence-electron chi connectivity index (χ0n) is 31.3. The number of imidazole rings is 1. The van der Waals surface area contributed by atoms with Crippen LogP contribution in [-0.2, 0) is 36.9 Å². The number of hydrogen-bond acceptors (Lipinski definition) is 18. The number of rotatable bonds is 9. The van der Waals surface area contributed by atoms with Crippen molar-refractivity contribution in [2.24, 2.45) is 5.92 Å². The number of fused-ring (bicyclic) bond motifs is 5. The lowest BCUT2D eigenvalue weighted by Crippen LogP contribution is -2.33. The Kier molecular flexibility index (Phi) is 12.4. The fraction of sp³-hybridized carbons (Fsp3) is 0.455. The molecule has 3 aliphatic rings. The fourth-order valence-corrected chi connectivity index (χ4v) is 8.24. The molecule has 4 aromatic heterocycles. The summed E-state index contributed by atoms with van der Waals surface area (Å²) in [6, 6.07) is 10.2. The van der Waals surface area contributed by atoms with E-state index in [1.54, 1.807) is 44.2 Å². The zero-order valence-corrected chi connectivity index (χ0v) is 33.1. The molecule has 1 aromatic carbocycles. The largest absolute Gasteiger partial charge is 0.346 e. The van der Waals surface area contributed by atoms with E-state index in [-0.39, 0.29) is 47.1 Å². The first-order valence-electron chi connectivity index (χ1n) is 18.2. The Labute approximate surface area is 338 Å². The smallest absolute Gasteiger partial charge is 0.333 e. The number of carbonyl (C=O) groups is 2. The summed E-state index contributed by atoms with van der Waals surface area (Å²) in [4.78, 5) is 68.3. The third-order valence-corrected chi connectivity index (χ3v) is 11.3. The van der Waals surface area contributed by atoms with E-state index in [1.165, 1.54) is 10.9 Å². The van der Waals surface area contributed by atoms with Gasteiger partial charge in [0.05, 0.1) is 38.6 Å². The van der Waals surface area contributed by atoms with Crippen molar-refractivity contribution in [2.75, 3.05) is 30.5 Å². The van der Waals surface area contributed by atoms with Crippen LogP contribution in [0.15, 0.2) is 47.8 Å². The van der Waals surface area contributed by atoms with Gasteiger partial charge >= 0.3 is 17.2 Å². The van der Waals surface area contributed by atoms with Crippen LogP contribution in [0.2, 0.25) is 0 Å². The highest BCUT2D eigenvalue weighted by Crippen LogP contribution is 2.51. The highest BCUT2D eigenvalue weighted by molar-refractivity contribution is 7.41. The van der Waals surface area contributed by atoms with Crippen molar-refractivity contribution in [3.05, 3.63) is 58.9 Å². The van der Waals surface area contributed by atoms with Gasteiger partial charge in [0.15, 0.2) is 52.9 Å². The number of halogens is 2. The SMILES string of the molecule is CC(C)C(=O)Nc1nc2c(ncn2[C@@H]2O[C@@H]3COP(O)O[C@H]4[C@H](F)[C@H](n5nnc6c(NC(=O)c7ccccc7)ncnc65)O[C@@H]4COP(OCCC#N)O[C@@H]2[C@@H]3F)c(=O)[nH]1. The molecule has 23 nitrogen and oxygen atoms in total. The number of aromatic nitrogens is 9. The molecule has 0 saturated carbocycles. The second-order valence-electron chi connectivity index (χ2n) is 13.6. The Morgan fingerprint density at radius 1 is 1.02 bits per heavy atom. The molecule has 316 valence electrons. The van der Waals surface area contributed by atoms with E-state index in [9.17, 15) is 24.5 Å². The topological polar surface area (TPSA) is 287 Å². The first-order chi connectivity index (χ1) is 29.0. The Morgan fingerprint density at radius 2 is 1.80 bits per heavy atom. The molecule has 4 N–H and O–H groups in total. The molecule has 2 bridgehead atoms. The maximum atomic E-state index is 16.5. The number of anilines is 2. The fourth-order valence-electron chi connectivity index (χ4n) is 6.32. The molecule has 3 fully saturated rings. The van der Waals surface area contributed by atoms with Crippen LogP contribution in [0.4, 0.5) is 20.5 Å². The Bertz CT molecular complexity index is 2460. The monoisotopic (exact) mass is 874 g/mol. The number of nitriles is 1. The first-order valence-corrected chi connectivity index (χ1v) is 20.4. The van der Waals surface area contributed by atoms with Crippen molar-refractivity contribution in [3.8, 4) is 6.07 Å². The minimum atomic E-state index is -2.93. The number of hydrogen-bond donors (Lipinski definition) is 4. The molecular formula is C33H34F2N12O11P2. The number of amides is 2. The first kappa shape index (κ1) is 41.6. The van der Waals surface area contributed by atoms with E-state index in [1.807, 2.05) is 6.07 Å². The Morgan fingerprint density at radius 3 is 2.58 bits per heavy atom. The molecule has 7 heterocycles. The van der Waals surface area contributed by atoms with Crippen LogP contribution in [0.3, 0.4) is 0 Å². The summed E-state index contributed by atoms with van der Waals surface area (Å²) < 4.78 is 76.1. The minimum absolute atomic E-state index is 0.00818. The van der Waals surface area contributed by atoms with Crippen molar-refractivity contribution in [3.63, 3.8) is 0 Å². The van der Waals surface area contributed by atoms with E-state index in [2.05, 4.69) is 45.9 Å². The third-order valence-electron chi connectivity index (χ3n) is 9.30. The Balaban J connectivity index is 1.06. The maximum absolute atomic E-state index is 16.5. The highest BCUT2D eigenvalue weighted by Gasteiger charge is 2.53. The zero-order chi connectivity index (χ0) is 42.1. The molecule has 0 aliphatic carbocycles. The van der Waals surface area contributed by atoms with Crippen LogP contribution in [0.1, 0.15) is 43.1 Å². The van der Waals surface area contributed by atoms with Gasteiger partial charge in [-0.1, -0.05) is 37.3 Å². The van der Waals surface area contributed by atoms with E-state index < -0.39 is 103 Å². The van der Waals surface area contributed by atoms with Crippen LogP contribution in [0, 0.1) is 17.2 Å². The van der Waals surface area contributed by atoms with Gasteiger partial charge in [-0.2, -0.15) is 14.9 Å². The molecule has 2 amide bonds. The summed E-state index contributed by atoms with van der Waals surface area (Å²) in [5, 5.41) is 22.4. The van der Waals surface area contributed by atoms with Gasteiger partial charge in [0.2, 0.25) is 11.9 Å². The van der Waals surface area contributed by atoms with Crippen LogP contribution in [0.5, 0.6) is 0 Å². The summed E-state index contributed by atoms with van der Waals surface area (Å²) in [6.45, 7) is 1.89. The molecule has 2 unspecified atom stereocenters. The number of carbonyl (C=O) groups excluding carboxylic acids is 2. The number of benzene rings is 1. The standard InChI is InChI=1S/C33H34F2N12O11P2/c1-15(2)28(48)42-33-41-27-22(30(50)43-33)39-14-46(27)32-24-19(34)17(55-32)11-53-59(51)57-23-18(12-54-60(58-24)52-10-6-9-36)56-31(20(23)35)47-26-21(44-45-47)25(37-13-38-26)40-29(49)16-7-4-3-5-8-16/h3-5,7-8,13-15,17-20,23-24,31-32,51H,6,10-12H2,1-2H3,(H,37,38,40,49)(H2,41,42,43,48,50)/t17-,18-,19-,20+,23-,24-,31-,32-,59?,60?/m1/s1. The molecule has 5 aromatic rings. The van der Waals surface area contributed by atoms with Gasteiger partial charge in [-0.3, -0.25) is 29.3 Å². The van der Waals surface area contributed by atoms with Crippen LogP contribution in [0.25, 0.3) is 22.3 Å². The molecule has 10 atom stereocenters. The van der Waals surface area contributed by atoms with Crippen molar-refractivity contribution in [1.82, 2.24) is 44.5 Å². The highest BCUT2D eigenvalue weighted by atomic mass is 31.2. The van der Waals surface area contributed by atoms with E-state index in [0.29, 0.717) is 5.56 Å². The lowest BCUT2D eigenvalue weighted by atomic mass is 10.1. The number of ether oxygens (including phenoxy) is 2. The second-order valence-corrected chi connectivity index (χ2v) is 15.7. The van der Waals surface area contributed by atoms with Gasteiger partial charge in [-0.25, -0.2) is 23.7 Å². The van der Waals surface area contributed by atoms with Gasteiger partial charge in [0.1, 0.15) is 30.7 Å². The average molecular weight is 875 g/mol. The average Bonchev–Trinajstić information content (AvgIpc) is 4.00. The summed E-state index contributed by atoms with van der Waals surface area (Å²) in [7, 11) is -5.50. The predicted molar refractivity (Wildman–Crippen MR) is 201 cm³/mol. The van der Waals surface area contributed by atoms with E-state index in [0.717, 1.165) is 11.0 Å². The summed E-state index contributed by atoms with van der Waals surface area (Å²) >= 11 is 0. The van der Waals surface area contributed by atoms with E-state index in [4.69, 9.17) is 32.1 Å². The molecule has 3 aliphatic heterocycles. The number of nitrogens with one attached hydrogen (secondary N) is 3. The van der Waals surface area contributed by atoms with Crippen LogP contribution >= 0.6 is 17.2 Å². The summed E-state index contributed by atoms with van der Waals surface area (Å²) in [5.74, 6) is -1.59. The van der Waals surface area contributed by atoms with Crippen molar-refractivity contribution in [2.45, 2.75) is 69.5 Å². The molecule has 0 radical (unpaired) electrons. The quantitative estimate of drug-likeness (QED) is 0.122. The third kappa shape index (κ3) is 8.44. The number of aromatic amines is 1. The molecule has 27 heteroatoms. The minimum Gasteiger partial charge on any atom is -0.346 e.